The molecule has 1 saturated carbocycles. The fourth-order valence-corrected chi connectivity index (χ4v) is 3.28. The zero-order valence-corrected chi connectivity index (χ0v) is 14.2. The van der Waals surface area contributed by atoms with E-state index in [2.05, 4.69) is 10.6 Å². The van der Waals surface area contributed by atoms with Crippen LogP contribution >= 0.6 is 0 Å². The molecule has 0 spiro atoms. The second kappa shape index (κ2) is 7.13. The second-order valence-corrected chi connectivity index (χ2v) is 6.84. The predicted octanol–water partition coefficient (Wildman–Crippen LogP) is 2.73. The summed E-state index contributed by atoms with van der Waals surface area (Å²) >= 11 is 0. The van der Waals surface area contributed by atoms with E-state index in [4.69, 9.17) is 5.73 Å². The third-order valence-electron chi connectivity index (χ3n) is 4.64. The van der Waals surface area contributed by atoms with Crippen molar-refractivity contribution in [2.24, 2.45) is 11.7 Å². The van der Waals surface area contributed by atoms with Crippen molar-refractivity contribution in [3.05, 3.63) is 29.8 Å². The van der Waals surface area contributed by atoms with Crippen LogP contribution in [0.1, 0.15) is 58.1 Å². The first-order valence-corrected chi connectivity index (χ1v) is 8.26. The quantitative estimate of drug-likeness (QED) is 0.798. The van der Waals surface area contributed by atoms with Gasteiger partial charge in [0.2, 0.25) is 11.8 Å². The summed E-state index contributed by atoms with van der Waals surface area (Å²) in [4.78, 5) is 23.8. The number of rotatable bonds is 4. The van der Waals surface area contributed by atoms with Gasteiger partial charge in [0, 0.05) is 18.2 Å². The number of nitrogens with one attached hydrogen (secondary N) is 2. The Morgan fingerprint density at radius 2 is 2.09 bits per heavy atom. The van der Waals surface area contributed by atoms with Gasteiger partial charge in [-0.15, -0.1) is 0 Å². The Morgan fingerprint density at radius 1 is 1.35 bits per heavy atom. The van der Waals surface area contributed by atoms with Crippen molar-refractivity contribution in [2.75, 3.05) is 5.32 Å². The molecular formula is C18H27N3O2. The van der Waals surface area contributed by atoms with Gasteiger partial charge < -0.3 is 16.4 Å². The van der Waals surface area contributed by atoms with E-state index in [0.717, 1.165) is 36.9 Å². The molecule has 2 amide bonds. The Morgan fingerprint density at radius 3 is 2.74 bits per heavy atom. The van der Waals surface area contributed by atoms with E-state index in [1.54, 1.807) is 0 Å². The van der Waals surface area contributed by atoms with Crippen LogP contribution in [0.3, 0.4) is 0 Å². The van der Waals surface area contributed by atoms with Crippen LogP contribution in [-0.2, 0) is 9.59 Å². The van der Waals surface area contributed by atoms with Crippen LogP contribution in [0.4, 0.5) is 5.69 Å². The summed E-state index contributed by atoms with van der Waals surface area (Å²) in [6, 6.07) is 7.40. The summed E-state index contributed by atoms with van der Waals surface area (Å²) in [5, 5.41) is 5.83. The van der Waals surface area contributed by atoms with Crippen molar-refractivity contribution < 1.29 is 9.59 Å². The molecule has 3 unspecified atom stereocenters. The van der Waals surface area contributed by atoms with Crippen molar-refractivity contribution in [2.45, 2.75) is 58.0 Å². The molecule has 0 bridgehead atoms. The van der Waals surface area contributed by atoms with Gasteiger partial charge in [0.15, 0.2) is 0 Å². The first kappa shape index (κ1) is 17.5. The number of nitrogens with two attached hydrogens (primary N) is 1. The first-order chi connectivity index (χ1) is 10.8. The minimum absolute atomic E-state index is 0.0205. The Kier molecular flexibility index (Phi) is 5.42. The molecule has 1 aromatic rings. The minimum Gasteiger partial charge on any atom is -0.349 e. The monoisotopic (exact) mass is 317 g/mol. The van der Waals surface area contributed by atoms with Crippen molar-refractivity contribution in [1.82, 2.24) is 5.32 Å². The van der Waals surface area contributed by atoms with Crippen LogP contribution in [0.5, 0.6) is 0 Å². The Balaban J connectivity index is 2.04. The van der Waals surface area contributed by atoms with Crippen LogP contribution in [0, 0.1) is 5.92 Å². The average molecular weight is 317 g/mol. The normalized spacial score (nSPS) is 25.5. The summed E-state index contributed by atoms with van der Waals surface area (Å²) in [6.07, 6.45) is 3.87. The van der Waals surface area contributed by atoms with Crippen molar-refractivity contribution >= 4 is 17.5 Å². The largest absolute Gasteiger partial charge is 0.349 e. The molecule has 5 heteroatoms. The van der Waals surface area contributed by atoms with Gasteiger partial charge in [-0.05, 0) is 44.4 Å². The van der Waals surface area contributed by atoms with Gasteiger partial charge >= 0.3 is 0 Å². The molecule has 1 aromatic carbocycles. The van der Waals surface area contributed by atoms with Crippen LogP contribution in [0.15, 0.2) is 24.3 Å². The number of anilines is 1. The van der Waals surface area contributed by atoms with Gasteiger partial charge in [-0.1, -0.05) is 25.0 Å². The van der Waals surface area contributed by atoms with Gasteiger partial charge in [-0.25, -0.2) is 0 Å². The maximum absolute atomic E-state index is 12.6. The average Bonchev–Trinajstić information content (AvgIpc) is 2.46. The van der Waals surface area contributed by atoms with Crippen LogP contribution < -0.4 is 16.4 Å². The molecule has 1 aliphatic rings. The van der Waals surface area contributed by atoms with E-state index < -0.39 is 5.54 Å². The molecule has 23 heavy (non-hydrogen) atoms. The topological polar surface area (TPSA) is 84.2 Å². The number of carbonyl (C=O) groups is 2. The SMILES string of the molecule is CC(=O)Nc1cccc(C(C)NC(=O)C2CCCCC2(C)N)c1. The molecule has 5 nitrogen and oxygen atoms in total. The van der Waals surface area contributed by atoms with E-state index in [9.17, 15) is 9.59 Å². The van der Waals surface area contributed by atoms with E-state index in [1.807, 2.05) is 38.1 Å². The molecule has 4 N–H and O–H groups in total. The fraction of sp³-hybridized carbons (Fsp3) is 0.556. The highest BCUT2D eigenvalue weighted by Crippen LogP contribution is 2.32. The third kappa shape index (κ3) is 4.55. The second-order valence-electron chi connectivity index (χ2n) is 6.84. The summed E-state index contributed by atoms with van der Waals surface area (Å²) in [7, 11) is 0. The molecule has 0 heterocycles. The maximum Gasteiger partial charge on any atom is 0.225 e. The molecule has 0 aliphatic heterocycles. The maximum atomic E-state index is 12.6. The third-order valence-corrected chi connectivity index (χ3v) is 4.64. The highest BCUT2D eigenvalue weighted by atomic mass is 16.2. The molecule has 0 radical (unpaired) electrons. The lowest BCUT2D eigenvalue weighted by molar-refractivity contribution is -0.128. The Hall–Kier alpha value is -1.88. The molecule has 126 valence electrons. The van der Waals surface area contributed by atoms with Crippen LogP contribution in [0.25, 0.3) is 0 Å². The lowest BCUT2D eigenvalue weighted by Gasteiger charge is -2.37. The van der Waals surface area contributed by atoms with E-state index in [0.29, 0.717) is 0 Å². The van der Waals surface area contributed by atoms with Crippen molar-refractivity contribution in [3.8, 4) is 0 Å². The van der Waals surface area contributed by atoms with E-state index in [1.165, 1.54) is 6.92 Å². The molecule has 3 atom stereocenters. The summed E-state index contributed by atoms with van der Waals surface area (Å²) in [5.41, 5.74) is 7.57. The van der Waals surface area contributed by atoms with Gasteiger partial charge in [-0.2, -0.15) is 0 Å². The molecule has 1 fully saturated rings. The standard InChI is InChI=1S/C18H27N3O2/c1-12(14-7-6-8-15(11-14)21-13(2)22)20-17(23)16-9-4-5-10-18(16,3)19/h6-8,11-12,16H,4-5,9-10,19H2,1-3H3,(H,20,23)(H,21,22). The summed E-state index contributed by atoms with van der Waals surface area (Å²) < 4.78 is 0. The number of hydrogen-bond acceptors (Lipinski definition) is 3. The van der Waals surface area contributed by atoms with Crippen LogP contribution in [-0.4, -0.2) is 17.4 Å². The smallest absolute Gasteiger partial charge is 0.225 e. The van der Waals surface area contributed by atoms with E-state index >= 15 is 0 Å². The summed E-state index contributed by atoms with van der Waals surface area (Å²) in [6.45, 7) is 5.39. The number of carbonyl (C=O) groups excluding carboxylic acids is 2. The van der Waals surface area contributed by atoms with Crippen molar-refractivity contribution in [1.29, 1.82) is 0 Å². The lowest BCUT2D eigenvalue weighted by Crippen LogP contribution is -2.53. The highest BCUT2D eigenvalue weighted by Gasteiger charge is 2.38. The van der Waals surface area contributed by atoms with Gasteiger partial charge in [0.05, 0.1) is 12.0 Å². The number of hydrogen-bond donors (Lipinski definition) is 3. The van der Waals surface area contributed by atoms with Crippen LogP contribution in [0.2, 0.25) is 0 Å². The van der Waals surface area contributed by atoms with Gasteiger partial charge in [-0.3, -0.25) is 9.59 Å². The summed E-state index contributed by atoms with van der Waals surface area (Å²) in [5.74, 6) is -0.232. The van der Waals surface area contributed by atoms with Gasteiger partial charge in [0.25, 0.3) is 0 Å². The zero-order chi connectivity index (χ0) is 17.0. The fourth-order valence-electron chi connectivity index (χ4n) is 3.28. The molecular weight excluding hydrogens is 290 g/mol. The lowest BCUT2D eigenvalue weighted by atomic mass is 9.74. The first-order valence-electron chi connectivity index (χ1n) is 8.26. The zero-order valence-electron chi connectivity index (χ0n) is 14.2. The van der Waals surface area contributed by atoms with E-state index in [-0.39, 0.29) is 23.8 Å². The highest BCUT2D eigenvalue weighted by molar-refractivity contribution is 5.88. The number of amides is 2. The van der Waals surface area contributed by atoms with Crippen molar-refractivity contribution in [3.63, 3.8) is 0 Å². The number of benzene rings is 1. The van der Waals surface area contributed by atoms with Gasteiger partial charge in [0.1, 0.15) is 0 Å². The predicted molar refractivity (Wildman–Crippen MR) is 91.9 cm³/mol. The Bertz CT molecular complexity index is 583. The molecule has 0 saturated heterocycles. The molecule has 0 aromatic heterocycles. The minimum atomic E-state index is -0.430. The molecule has 1 aliphatic carbocycles. The Labute approximate surface area is 138 Å². The molecule has 2 rings (SSSR count).